The summed E-state index contributed by atoms with van der Waals surface area (Å²) < 4.78 is 55.9. The van der Waals surface area contributed by atoms with Crippen LogP contribution < -0.4 is 26.0 Å². The van der Waals surface area contributed by atoms with Crippen molar-refractivity contribution in [2.75, 3.05) is 54.4 Å². The Labute approximate surface area is 215 Å². The van der Waals surface area contributed by atoms with Crippen LogP contribution >= 0.6 is 0 Å². The summed E-state index contributed by atoms with van der Waals surface area (Å²) >= 11 is 0. The van der Waals surface area contributed by atoms with Gasteiger partial charge in [0.05, 0.1) is 22.5 Å². The van der Waals surface area contributed by atoms with Crippen molar-refractivity contribution >= 4 is 23.2 Å². The lowest BCUT2D eigenvalue weighted by atomic mass is 10.0. The van der Waals surface area contributed by atoms with Gasteiger partial charge in [0.15, 0.2) is 0 Å². The summed E-state index contributed by atoms with van der Waals surface area (Å²) in [6.45, 7) is 7.60. The Hall–Kier alpha value is -4.00. The number of carbonyl (C=O) groups excluding carboxylic acids is 1. The second kappa shape index (κ2) is 11.2. The number of nitrogens with one attached hydrogen (secondary N) is 3. The van der Waals surface area contributed by atoms with Crippen molar-refractivity contribution in [2.24, 2.45) is 0 Å². The van der Waals surface area contributed by atoms with Crippen molar-refractivity contribution in [3.8, 4) is 11.1 Å². The quantitative estimate of drug-likeness (QED) is 0.399. The highest BCUT2D eigenvalue weighted by atomic mass is 19.4. The van der Waals surface area contributed by atoms with E-state index in [0.29, 0.717) is 42.6 Å². The SMILES string of the molecule is CCN(CC)c1cc(F)c(-c2cnc(N3CCNCC3)nc2)cc1NC(=O)c1c[nH]c(=O)cc1C(F)(F)F. The Kier molecular flexibility index (Phi) is 7.95. The minimum atomic E-state index is -4.93. The molecular formula is C25H27F4N7O2. The van der Waals surface area contributed by atoms with Crippen LogP contribution in [0.5, 0.6) is 0 Å². The third-order valence-corrected chi connectivity index (χ3v) is 6.26. The minimum absolute atomic E-state index is 0.0700. The number of aromatic nitrogens is 3. The largest absolute Gasteiger partial charge is 0.417 e. The van der Waals surface area contributed by atoms with Crippen molar-refractivity contribution < 1.29 is 22.4 Å². The number of H-pyrrole nitrogens is 1. The van der Waals surface area contributed by atoms with Gasteiger partial charge >= 0.3 is 6.18 Å². The van der Waals surface area contributed by atoms with Gasteiger partial charge in [-0.1, -0.05) is 0 Å². The minimum Gasteiger partial charge on any atom is -0.370 e. The molecule has 9 nitrogen and oxygen atoms in total. The maximum Gasteiger partial charge on any atom is 0.417 e. The maximum absolute atomic E-state index is 15.3. The van der Waals surface area contributed by atoms with E-state index in [9.17, 15) is 22.8 Å². The monoisotopic (exact) mass is 533 g/mol. The Bertz CT molecular complexity index is 1350. The zero-order chi connectivity index (χ0) is 27.4. The zero-order valence-electron chi connectivity index (χ0n) is 20.8. The summed E-state index contributed by atoms with van der Waals surface area (Å²) in [4.78, 5) is 39.1. The standard InChI is InChI=1S/C25H27F4N7O2/c1-3-35(4-2)21-11-19(26)16(15-12-32-24(33-13-15)36-7-5-30-6-8-36)9-20(21)34-23(38)17-14-31-22(37)10-18(17)25(27,28)29/h9-14,30H,3-8H2,1-2H3,(H,31,37)(H,34,38). The van der Waals surface area contributed by atoms with Gasteiger partial charge in [-0.05, 0) is 26.0 Å². The molecule has 3 heterocycles. The van der Waals surface area contributed by atoms with E-state index >= 15 is 4.39 Å². The highest BCUT2D eigenvalue weighted by Gasteiger charge is 2.36. The molecule has 0 bridgehead atoms. The number of halogens is 4. The fourth-order valence-corrected chi connectivity index (χ4v) is 4.28. The number of carbonyl (C=O) groups is 1. The van der Waals surface area contributed by atoms with Crippen molar-refractivity contribution in [1.82, 2.24) is 20.3 Å². The molecule has 0 radical (unpaired) electrons. The molecule has 202 valence electrons. The molecular weight excluding hydrogens is 506 g/mol. The first-order valence-corrected chi connectivity index (χ1v) is 12.1. The molecule has 0 saturated carbocycles. The molecule has 1 aromatic carbocycles. The van der Waals surface area contributed by atoms with Crippen molar-refractivity contribution in [1.29, 1.82) is 0 Å². The number of aromatic amines is 1. The van der Waals surface area contributed by atoms with Gasteiger partial charge < -0.3 is 25.4 Å². The number of anilines is 3. The molecule has 0 aliphatic carbocycles. The third-order valence-electron chi connectivity index (χ3n) is 6.26. The fraction of sp³-hybridized carbons (Fsp3) is 0.360. The molecule has 1 amide bonds. The van der Waals surface area contributed by atoms with Gasteiger partial charge in [0.2, 0.25) is 11.5 Å². The summed E-state index contributed by atoms with van der Waals surface area (Å²) in [7, 11) is 0. The third kappa shape index (κ3) is 5.77. The van der Waals surface area contributed by atoms with E-state index < -0.39 is 34.6 Å². The lowest BCUT2D eigenvalue weighted by Crippen LogP contribution is -2.44. The van der Waals surface area contributed by atoms with E-state index in [1.807, 2.05) is 18.7 Å². The number of nitrogens with zero attached hydrogens (tertiary/aromatic N) is 4. The van der Waals surface area contributed by atoms with E-state index in [1.54, 1.807) is 4.90 Å². The number of hydrogen-bond donors (Lipinski definition) is 3. The number of rotatable bonds is 7. The van der Waals surface area contributed by atoms with Gasteiger partial charge in [-0.15, -0.1) is 0 Å². The molecule has 0 spiro atoms. The molecule has 1 saturated heterocycles. The molecule has 13 heteroatoms. The first-order chi connectivity index (χ1) is 18.1. The number of amides is 1. The fourth-order valence-electron chi connectivity index (χ4n) is 4.28. The summed E-state index contributed by atoms with van der Waals surface area (Å²) in [5.74, 6) is -1.21. The van der Waals surface area contributed by atoms with Crippen LogP contribution in [0, 0.1) is 5.82 Å². The molecule has 1 fully saturated rings. The lowest BCUT2D eigenvalue weighted by molar-refractivity contribution is -0.138. The van der Waals surface area contributed by atoms with Gasteiger partial charge in [-0.3, -0.25) is 9.59 Å². The first-order valence-electron chi connectivity index (χ1n) is 12.1. The average Bonchev–Trinajstić information content (AvgIpc) is 2.90. The van der Waals surface area contributed by atoms with Crippen LogP contribution in [0.15, 0.2) is 41.6 Å². The van der Waals surface area contributed by atoms with Crippen LogP contribution in [0.2, 0.25) is 0 Å². The molecule has 0 atom stereocenters. The van der Waals surface area contributed by atoms with Crippen LogP contribution in [-0.2, 0) is 6.18 Å². The zero-order valence-corrected chi connectivity index (χ0v) is 20.8. The second-order valence-corrected chi connectivity index (χ2v) is 8.61. The number of pyridine rings is 1. The van der Waals surface area contributed by atoms with Gasteiger partial charge in [-0.25, -0.2) is 14.4 Å². The molecule has 3 aromatic rings. The Morgan fingerprint density at radius 2 is 1.76 bits per heavy atom. The first kappa shape index (κ1) is 27.0. The predicted molar refractivity (Wildman–Crippen MR) is 136 cm³/mol. The van der Waals surface area contributed by atoms with E-state index in [1.165, 1.54) is 24.5 Å². The number of benzene rings is 1. The lowest BCUT2D eigenvalue weighted by Gasteiger charge is -2.27. The van der Waals surface area contributed by atoms with Gasteiger partial charge in [0.1, 0.15) is 5.82 Å². The van der Waals surface area contributed by atoms with Crippen LogP contribution in [-0.4, -0.2) is 60.1 Å². The Morgan fingerprint density at radius 1 is 1.11 bits per heavy atom. The van der Waals surface area contributed by atoms with Crippen LogP contribution in [0.25, 0.3) is 11.1 Å². The molecule has 1 aliphatic heterocycles. The summed E-state index contributed by atoms with van der Waals surface area (Å²) in [5, 5.41) is 5.72. The van der Waals surface area contributed by atoms with Crippen molar-refractivity contribution in [2.45, 2.75) is 20.0 Å². The number of alkyl halides is 3. The topological polar surface area (TPSA) is 106 Å². The van der Waals surface area contributed by atoms with E-state index in [2.05, 4.69) is 25.6 Å². The number of hydrogen-bond acceptors (Lipinski definition) is 7. The maximum atomic E-state index is 15.3. The van der Waals surface area contributed by atoms with E-state index in [4.69, 9.17) is 0 Å². The van der Waals surface area contributed by atoms with Gasteiger partial charge in [0, 0.05) is 75.1 Å². The Balaban J connectivity index is 1.73. The Morgan fingerprint density at radius 3 is 2.37 bits per heavy atom. The summed E-state index contributed by atoms with van der Waals surface area (Å²) in [5.41, 5.74) is -2.34. The summed E-state index contributed by atoms with van der Waals surface area (Å²) in [6, 6.07) is 2.90. The second-order valence-electron chi connectivity index (χ2n) is 8.61. The van der Waals surface area contributed by atoms with Crippen molar-refractivity contribution in [3.63, 3.8) is 0 Å². The predicted octanol–water partition coefficient (Wildman–Crippen LogP) is 3.50. The van der Waals surface area contributed by atoms with Crippen LogP contribution in [0.1, 0.15) is 29.8 Å². The highest BCUT2D eigenvalue weighted by Crippen LogP contribution is 2.36. The molecule has 1 aliphatic rings. The van der Waals surface area contributed by atoms with Crippen molar-refractivity contribution in [3.05, 3.63) is 64.1 Å². The molecule has 38 heavy (non-hydrogen) atoms. The average molecular weight is 534 g/mol. The van der Waals surface area contributed by atoms with Gasteiger partial charge in [0.25, 0.3) is 5.91 Å². The molecule has 2 aromatic heterocycles. The highest BCUT2D eigenvalue weighted by molar-refractivity contribution is 6.07. The normalized spacial score (nSPS) is 13.9. The van der Waals surface area contributed by atoms with E-state index in [-0.39, 0.29) is 11.3 Å². The summed E-state index contributed by atoms with van der Waals surface area (Å²) in [6.07, 6.45) is -1.28. The van der Waals surface area contributed by atoms with Crippen LogP contribution in [0.3, 0.4) is 0 Å². The van der Waals surface area contributed by atoms with Gasteiger partial charge in [-0.2, -0.15) is 13.2 Å². The van der Waals surface area contributed by atoms with E-state index in [0.717, 1.165) is 26.2 Å². The molecule has 0 unspecified atom stereocenters. The molecule has 3 N–H and O–H groups in total. The number of piperazine rings is 1. The van der Waals surface area contributed by atoms with Crippen LogP contribution in [0.4, 0.5) is 34.9 Å². The smallest absolute Gasteiger partial charge is 0.370 e. The molecule has 4 rings (SSSR count).